The minimum atomic E-state index is -0.530. The highest BCUT2D eigenvalue weighted by molar-refractivity contribution is 7.99. The molecular formula is C33H46N8O3S. The molecular weight excluding hydrogens is 588 g/mol. The average Bonchev–Trinajstić information content (AvgIpc) is 3.75. The van der Waals surface area contributed by atoms with Crippen LogP contribution in [0.4, 0.5) is 23.1 Å². The second-order valence-corrected chi connectivity index (χ2v) is 14.6. The van der Waals surface area contributed by atoms with Crippen molar-refractivity contribution in [1.82, 2.24) is 25.1 Å². The molecule has 0 unspecified atom stereocenters. The minimum absolute atomic E-state index is 0.0494. The van der Waals surface area contributed by atoms with Crippen molar-refractivity contribution in [3.8, 4) is 0 Å². The van der Waals surface area contributed by atoms with Crippen LogP contribution in [0, 0.1) is 23.7 Å². The van der Waals surface area contributed by atoms with E-state index in [-0.39, 0.29) is 23.2 Å². The first-order valence-corrected chi connectivity index (χ1v) is 16.6. The first-order chi connectivity index (χ1) is 21.4. The Morgan fingerprint density at radius 3 is 2.36 bits per heavy atom. The van der Waals surface area contributed by atoms with E-state index in [0.717, 1.165) is 74.1 Å². The lowest BCUT2D eigenvalue weighted by molar-refractivity contribution is -0.155. The van der Waals surface area contributed by atoms with E-state index in [9.17, 15) is 9.59 Å². The number of hydrogen-bond donors (Lipinski definition) is 3. The van der Waals surface area contributed by atoms with Crippen molar-refractivity contribution in [3.05, 3.63) is 42.1 Å². The maximum absolute atomic E-state index is 12.5. The van der Waals surface area contributed by atoms with Crippen LogP contribution in [-0.4, -0.2) is 76.3 Å². The van der Waals surface area contributed by atoms with Crippen molar-refractivity contribution in [2.45, 2.75) is 70.9 Å². The third-order valence-corrected chi connectivity index (χ3v) is 8.90. The molecule has 3 aromatic rings. The number of nitrogens with zero attached hydrogens (tertiary/aromatic N) is 5. The van der Waals surface area contributed by atoms with Gasteiger partial charge in [-0.15, -0.1) is 0 Å². The van der Waals surface area contributed by atoms with E-state index in [2.05, 4.69) is 44.5 Å². The molecule has 242 valence electrons. The summed E-state index contributed by atoms with van der Waals surface area (Å²) >= 11 is 1.48. The summed E-state index contributed by atoms with van der Waals surface area (Å²) in [4.78, 5) is 40.2. The zero-order valence-electron chi connectivity index (χ0n) is 27.3. The van der Waals surface area contributed by atoms with Crippen LogP contribution in [-0.2, 0) is 14.3 Å². The Morgan fingerprint density at radius 1 is 1.02 bits per heavy atom. The zero-order valence-corrected chi connectivity index (χ0v) is 28.1. The number of H-pyrrole nitrogens is 1. The molecule has 0 radical (unpaired) electrons. The number of piperazine rings is 1. The van der Waals surface area contributed by atoms with Crippen LogP contribution in [0.1, 0.15) is 59.6 Å². The fourth-order valence-corrected chi connectivity index (χ4v) is 6.76. The van der Waals surface area contributed by atoms with E-state index < -0.39 is 5.41 Å². The first-order valence-electron chi connectivity index (χ1n) is 15.8. The van der Waals surface area contributed by atoms with Crippen molar-refractivity contribution in [2.75, 3.05) is 54.9 Å². The van der Waals surface area contributed by atoms with Gasteiger partial charge >= 0.3 is 5.97 Å². The highest BCUT2D eigenvalue weighted by Crippen LogP contribution is 2.36. The quantitative estimate of drug-likeness (QED) is 0.155. The van der Waals surface area contributed by atoms with Gasteiger partial charge in [0.25, 0.3) is 0 Å². The summed E-state index contributed by atoms with van der Waals surface area (Å²) < 4.78 is 5.33. The van der Waals surface area contributed by atoms with Gasteiger partial charge in [0.05, 0.1) is 12.0 Å². The van der Waals surface area contributed by atoms with Crippen molar-refractivity contribution in [2.24, 2.45) is 16.7 Å². The van der Waals surface area contributed by atoms with E-state index in [4.69, 9.17) is 14.7 Å². The fourth-order valence-electron chi connectivity index (χ4n) is 5.99. The number of benzene rings is 1. The molecule has 45 heavy (non-hydrogen) atoms. The number of aromatic nitrogens is 4. The van der Waals surface area contributed by atoms with Crippen LogP contribution in [0.5, 0.6) is 0 Å². The molecule has 0 spiro atoms. The number of carbonyl (C=O) groups is 2. The summed E-state index contributed by atoms with van der Waals surface area (Å²) in [5, 5.41) is 14.2. The Morgan fingerprint density at radius 2 is 1.73 bits per heavy atom. The molecule has 1 amide bonds. The summed E-state index contributed by atoms with van der Waals surface area (Å²) in [7, 11) is 0. The lowest BCUT2D eigenvalue weighted by Gasteiger charge is -2.41. The number of nitrogens with one attached hydrogen (secondary N) is 3. The van der Waals surface area contributed by atoms with Gasteiger partial charge in [-0.2, -0.15) is 5.10 Å². The minimum Gasteiger partial charge on any atom is -0.466 e. The highest BCUT2D eigenvalue weighted by atomic mass is 32.2. The van der Waals surface area contributed by atoms with E-state index in [1.807, 2.05) is 64.1 Å². The van der Waals surface area contributed by atoms with Crippen molar-refractivity contribution in [3.63, 3.8) is 0 Å². The summed E-state index contributed by atoms with van der Waals surface area (Å²) in [5.41, 5.74) is 1.18. The molecule has 0 bridgehead atoms. The molecule has 3 N–H and O–H groups in total. The molecule has 2 aliphatic rings. The smallest absolute Gasteiger partial charge is 0.311 e. The summed E-state index contributed by atoms with van der Waals surface area (Å²) in [6.45, 7) is 17.0. The Bertz CT molecular complexity index is 1480. The predicted molar refractivity (Wildman–Crippen MR) is 178 cm³/mol. The molecule has 5 rings (SSSR count). The Balaban J connectivity index is 1.25. The van der Waals surface area contributed by atoms with Gasteiger partial charge < -0.3 is 20.3 Å². The topological polar surface area (TPSA) is 128 Å². The maximum Gasteiger partial charge on any atom is 0.311 e. The van der Waals surface area contributed by atoms with Gasteiger partial charge in [0, 0.05) is 67.1 Å². The number of amides is 1. The molecule has 1 aromatic carbocycles. The molecule has 1 aliphatic carbocycles. The van der Waals surface area contributed by atoms with Gasteiger partial charge in [0.1, 0.15) is 11.6 Å². The highest BCUT2D eigenvalue weighted by Gasteiger charge is 2.37. The van der Waals surface area contributed by atoms with Crippen LogP contribution in [0.3, 0.4) is 0 Å². The summed E-state index contributed by atoms with van der Waals surface area (Å²) in [6.07, 6.45) is 2.70. The van der Waals surface area contributed by atoms with Crippen LogP contribution >= 0.6 is 11.8 Å². The lowest BCUT2D eigenvalue weighted by atomic mass is 9.74. The molecule has 12 heteroatoms. The van der Waals surface area contributed by atoms with Crippen molar-refractivity contribution in [1.29, 1.82) is 0 Å². The van der Waals surface area contributed by atoms with E-state index in [0.29, 0.717) is 23.4 Å². The molecule has 1 saturated heterocycles. The van der Waals surface area contributed by atoms with E-state index >= 15 is 0 Å². The van der Waals surface area contributed by atoms with Gasteiger partial charge in [-0.3, -0.25) is 19.6 Å². The Kier molecular flexibility index (Phi) is 10.0. The monoisotopic (exact) mass is 634 g/mol. The molecule has 0 atom stereocenters. The maximum atomic E-state index is 12.5. The van der Waals surface area contributed by atoms with Crippen LogP contribution in [0.2, 0.25) is 0 Å². The molecule has 1 saturated carbocycles. The number of anilines is 4. The molecule has 1 aliphatic heterocycles. The molecule has 2 fully saturated rings. The van der Waals surface area contributed by atoms with Crippen molar-refractivity contribution >= 4 is 46.8 Å². The number of aromatic amines is 1. The van der Waals surface area contributed by atoms with Gasteiger partial charge in [0.2, 0.25) is 5.91 Å². The number of aryl methyl sites for hydroxylation is 1. The standard InChI is InChI=1S/C33H46N8O3S/c1-7-44-30(43)33(5,6)20-32(3,4)21-40-14-16-41(17-15-40)28-19-26(35-27-18-22(2)38-39-27)36-31(37-28)45-25-12-10-24(11-13-25)34-29(42)23-8-9-23/h10-13,18-19,23H,7-9,14-17,20-21H2,1-6H3,(H,34,42)(H2,35,36,37,38,39). The normalized spacial score (nSPS) is 16.0. The second kappa shape index (κ2) is 13.8. The molecule has 2 aromatic heterocycles. The van der Waals surface area contributed by atoms with Gasteiger partial charge in [-0.1, -0.05) is 13.8 Å². The van der Waals surface area contributed by atoms with Gasteiger partial charge in [0.15, 0.2) is 11.0 Å². The fraction of sp³-hybridized carbons (Fsp3) is 0.545. The zero-order chi connectivity index (χ0) is 32.2. The first kappa shape index (κ1) is 32.7. The van der Waals surface area contributed by atoms with Crippen LogP contribution in [0.15, 0.2) is 46.5 Å². The largest absolute Gasteiger partial charge is 0.466 e. The Labute approximate surface area is 270 Å². The van der Waals surface area contributed by atoms with Crippen molar-refractivity contribution < 1.29 is 14.3 Å². The third kappa shape index (κ3) is 9.20. The predicted octanol–water partition coefficient (Wildman–Crippen LogP) is 5.88. The Hall–Kier alpha value is -3.64. The third-order valence-electron chi connectivity index (χ3n) is 8.03. The number of esters is 1. The van der Waals surface area contributed by atoms with Crippen LogP contribution < -0.4 is 15.5 Å². The van der Waals surface area contributed by atoms with E-state index in [1.165, 1.54) is 11.8 Å². The summed E-state index contributed by atoms with van der Waals surface area (Å²) in [5.74, 6) is 2.36. The SMILES string of the molecule is CCOC(=O)C(C)(C)CC(C)(C)CN1CCN(c2cc(Nc3cc(C)[nH]n3)nc(Sc3ccc(NC(=O)C4CC4)cc3)n2)CC1. The molecule has 3 heterocycles. The van der Waals surface area contributed by atoms with Gasteiger partial charge in [-0.25, -0.2) is 9.97 Å². The number of rotatable bonds is 13. The lowest BCUT2D eigenvalue weighted by Crippen LogP contribution is -2.50. The second-order valence-electron chi connectivity index (χ2n) is 13.6. The van der Waals surface area contributed by atoms with E-state index in [1.54, 1.807) is 0 Å². The number of ether oxygens (including phenoxy) is 1. The van der Waals surface area contributed by atoms with Crippen LogP contribution in [0.25, 0.3) is 0 Å². The molecule has 11 nitrogen and oxygen atoms in total. The average molecular weight is 635 g/mol. The number of carbonyl (C=O) groups excluding carboxylic acids is 2. The number of hydrogen-bond acceptors (Lipinski definition) is 10. The van der Waals surface area contributed by atoms with Gasteiger partial charge in [-0.05, 0) is 88.4 Å². The summed E-state index contributed by atoms with van der Waals surface area (Å²) in [6, 6.07) is 11.7.